The van der Waals surface area contributed by atoms with Gasteiger partial charge in [-0.3, -0.25) is 4.79 Å². The molecule has 4 nitrogen and oxygen atoms in total. The summed E-state index contributed by atoms with van der Waals surface area (Å²) in [5, 5.41) is 6.88. The minimum atomic E-state index is -0.102. The van der Waals surface area contributed by atoms with Crippen LogP contribution >= 0.6 is 11.3 Å². The van der Waals surface area contributed by atoms with Crippen LogP contribution in [0.15, 0.2) is 16.8 Å². The lowest BCUT2D eigenvalue weighted by Gasteiger charge is -2.12. The Labute approximate surface area is 99.6 Å². The first-order valence-corrected chi connectivity index (χ1v) is 6.06. The van der Waals surface area contributed by atoms with Gasteiger partial charge in [0.2, 0.25) is 5.91 Å². The number of carbonyl (C=O) groups is 1. The van der Waals surface area contributed by atoms with E-state index in [1.165, 1.54) is 0 Å². The molecular weight excluding hydrogens is 226 g/mol. The van der Waals surface area contributed by atoms with Gasteiger partial charge in [-0.05, 0) is 29.3 Å². The van der Waals surface area contributed by atoms with Crippen molar-refractivity contribution in [3.8, 4) is 0 Å². The Morgan fingerprint density at radius 3 is 3.00 bits per heavy atom. The van der Waals surface area contributed by atoms with E-state index in [1.807, 2.05) is 23.8 Å². The number of rotatable bonds is 7. The number of ether oxygens (including phenoxy) is 2. The molecule has 1 N–H and O–H groups in total. The summed E-state index contributed by atoms with van der Waals surface area (Å²) in [4.78, 5) is 11.4. The van der Waals surface area contributed by atoms with Crippen LogP contribution in [0.4, 0.5) is 0 Å². The number of carbonyl (C=O) groups excluding carboxylic acids is 1. The molecule has 0 aliphatic rings. The lowest BCUT2D eigenvalue weighted by Crippen LogP contribution is -2.30. The fourth-order valence-corrected chi connectivity index (χ4v) is 1.95. The summed E-state index contributed by atoms with van der Waals surface area (Å²) in [6, 6.07) is 2.03. The van der Waals surface area contributed by atoms with E-state index in [0.717, 1.165) is 5.56 Å². The molecule has 0 aliphatic carbocycles. The van der Waals surface area contributed by atoms with Crippen molar-refractivity contribution in [2.75, 3.05) is 26.9 Å². The van der Waals surface area contributed by atoms with Crippen LogP contribution in [0.1, 0.15) is 18.5 Å². The second kappa shape index (κ2) is 7.38. The summed E-state index contributed by atoms with van der Waals surface area (Å²) in [7, 11) is 1.60. The molecule has 1 heterocycles. The van der Waals surface area contributed by atoms with Gasteiger partial charge in [-0.1, -0.05) is 0 Å². The molecule has 1 amide bonds. The lowest BCUT2D eigenvalue weighted by molar-refractivity contribution is -0.126. The molecule has 1 atom stereocenters. The van der Waals surface area contributed by atoms with Crippen LogP contribution < -0.4 is 5.32 Å². The normalized spacial score (nSPS) is 12.4. The molecule has 0 saturated carbocycles. The maximum absolute atomic E-state index is 11.4. The third-order valence-electron chi connectivity index (χ3n) is 2.09. The number of amides is 1. The molecule has 16 heavy (non-hydrogen) atoms. The SMILES string of the molecule is COCCOCC(=O)NC(C)c1ccsc1. The van der Waals surface area contributed by atoms with E-state index >= 15 is 0 Å². The Kier molecular flexibility index (Phi) is 6.07. The van der Waals surface area contributed by atoms with Crippen LogP contribution in [0, 0.1) is 0 Å². The third kappa shape index (κ3) is 4.74. The van der Waals surface area contributed by atoms with Crippen LogP contribution in [0.3, 0.4) is 0 Å². The highest BCUT2D eigenvalue weighted by molar-refractivity contribution is 7.07. The standard InChI is InChI=1S/C11H17NO3S/c1-9(10-3-6-16-8-10)12-11(13)7-15-5-4-14-2/h3,6,8-9H,4-5,7H2,1-2H3,(H,12,13). The molecule has 1 rings (SSSR count). The quantitative estimate of drug-likeness (QED) is 0.740. The van der Waals surface area contributed by atoms with Gasteiger partial charge in [-0.15, -0.1) is 0 Å². The second-order valence-electron chi connectivity index (χ2n) is 3.39. The minimum Gasteiger partial charge on any atom is -0.382 e. The average Bonchev–Trinajstić information content (AvgIpc) is 2.77. The van der Waals surface area contributed by atoms with Gasteiger partial charge in [-0.2, -0.15) is 11.3 Å². The fourth-order valence-electron chi connectivity index (χ4n) is 1.19. The third-order valence-corrected chi connectivity index (χ3v) is 2.79. The number of hydrogen-bond donors (Lipinski definition) is 1. The van der Waals surface area contributed by atoms with E-state index in [4.69, 9.17) is 9.47 Å². The van der Waals surface area contributed by atoms with Gasteiger partial charge in [0, 0.05) is 7.11 Å². The molecule has 1 aromatic rings. The van der Waals surface area contributed by atoms with Crippen molar-refractivity contribution in [3.63, 3.8) is 0 Å². The molecule has 0 spiro atoms. The maximum Gasteiger partial charge on any atom is 0.246 e. The summed E-state index contributed by atoms with van der Waals surface area (Å²) in [6.45, 7) is 2.98. The Hall–Kier alpha value is -0.910. The van der Waals surface area contributed by atoms with Crippen molar-refractivity contribution in [2.45, 2.75) is 13.0 Å². The first-order valence-electron chi connectivity index (χ1n) is 5.12. The summed E-state index contributed by atoms with van der Waals surface area (Å²) < 4.78 is 9.93. The molecule has 0 saturated heterocycles. The van der Waals surface area contributed by atoms with E-state index in [1.54, 1.807) is 18.4 Å². The van der Waals surface area contributed by atoms with Crippen LogP contribution in [0.2, 0.25) is 0 Å². The Morgan fingerprint density at radius 2 is 2.38 bits per heavy atom. The monoisotopic (exact) mass is 243 g/mol. The van der Waals surface area contributed by atoms with Crippen molar-refractivity contribution in [1.29, 1.82) is 0 Å². The number of thiophene rings is 1. The van der Waals surface area contributed by atoms with Gasteiger partial charge >= 0.3 is 0 Å². The second-order valence-corrected chi connectivity index (χ2v) is 4.17. The van der Waals surface area contributed by atoms with Gasteiger partial charge < -0.3 is 14.8 Å². The van der Waals surface area contributed by atoms with E-state index in [-0.39, 0.29) is 18.6 Å². The highest BCUT2D eigenvalue weighted by Gasteiger charge is 2.09. The average molecular weight is 243 g/mol. The molecule has 0 radical (unpaired) electrons. The molecule has 0 fully saturated rings. The lowest BCUT2D eigenvalue weighted by atomic mass is 10.2. The van der Waals surface area contributed by atoms with Gasteiger partial charge in [0.1, 0.15) is 6.61 Å². The van der Waals surface area contributed by atoms with Gasteiger partial charge in [0.15, 0.2) is 0 Å². The minimum absolute atomic E-state index is 0.0322. The van der Waals surface area contributed by atoms with E-state index in [2.05, 4.69) is 5.32 Å². The topological polar surface area (TPSA) is 47.6 Å². The maximum atomic E-state index is 11.4. The number of methoxy groups -OCH3 is 1. The summed E-state index contributed by atoms with van der Waals surface area (Å²) in [5.41, 5.74) is 1.12. The van der Waals surface area contributed by atoms with Crippen LogP contribution in [-0.4, -0.2) is 32.8 Å². The molecule has 90 valence electrons. The van der Waals surface area contributed by atoms with E-state index in [9.17, 15) is 4.79 Å². The van der Waals surface area contributed by atoms with Gasteiger partial charge in [-0.25, -0.2) is 0 Å². The van der Waals surface area contributed by atoms with Crippen LogP contribution in [0.5, 0.6) is 0 Å². The highest BCUT2D eigenvalue weighted by Crippen LogP contribution is 2.15. The highest BCUT2D eigenvalue weighted by atomic mass is 32.1. The van der Waals surface area contributed by atoms with Crippen molar-refractivity contribution in [2.24, 2.45) is 0 Å². The molecular formula is C11H17NO3S. The smallest absolute Gasteiger partial charge is 0.246 e. The summed E-state index contributed by atoms with van der Waals surface area (Å²) in [6.07, 6.45) is 0. The van der Waals surface area contributed by atoms with Crippen molar-refractivity contribution in [3.05, 3.63) is 22.4 Å². The zero-order valence-corrected chi connectivity index (χ0v) is 10.4. The van der Waals surface area contributed by atoms with E-state index in [0.29, 0.717) is 13.2 Å². The summed E-state index contributed by atoms with van der Waals surface area (Å²) >= 11 is 1.62. The van der Waals surface area contributed by atoms with Crippen molar-refractivity contribution < 1.29 is 14.3 Å². The predicted octanol–water partition coefficient (Wildman–Crippen LogP) is 1.59. The molecule has 1 unspecified atom stereocenters. The fraction of sp³-hybridized carbons (Fsp3) is 0.545. The zero-order chi connectivity index (χ0) is 11.8. The largest absolute Gasteiger partial charge is 0.382 e. The van der Waals surface area contributed by atoms with Gasteiger partial charge in [0.05, 0.1) is 19.3 Å². The molecule has 5 heteroatoms. The number of hydrogen-bond acceptors (Lipinski definition) is 4. The van der Waals surface area contributed by atoms with Gasteiger partial charge in [0.25, 0.3) is 0 Å². The molecule has 1 aromatic heterocycles. The van der Waals surface area contributed by atoms with Crippen molar-refractivity contribution >= 4 is 17.2 Å². The van der Waals surface area contributed by atoms with Crippen LogP contribution in [0.25, 0.3) is 0 Å². The van der Waals surface area contributed by atoms with Crippen molar-refractivity contribution in [1.82, 2.24) is 5.32 Å². The molecule has 0 aliphatic heterocycles. The predicted molar refractivity (Wildman–Crippen MR) is 63.6 cm³/mol. The zero-order valence-electron chi connectivity index (χ0n) is 9.56. The first kappa shape index (κ1) is 13.2. The number of nitrogens with one attached hydrogen (secondary N) is 1. The Bertz CT molecular complexity index is 300. The Morgan fingerprint density at radius 1 is 1.56 bits per heavy atom. The summed E-state index contributed by atoms with van der Waals surface area (Å²) in [5.74, 6) is -0.102. The van der Waals surface area contributed by atoms with E-state index < -0.39 is 0 Å². The Balaban J connectivity index is 2.19. The van der Waals surface area contributed by atoms with Crippen LogP contribution in [-0.2, 0) is 14.3 Å². The molecule has 0 aromatic carbocycles. The first-order chi connectivity index (χ1) is 7.74. The molecule has 0 bridgehead atoms.